The number of amides is 1. The number of unbranched alkanes of at least 4 members (excludes halogenated alkanes) is 46. The highest BCUT2D eigenvalue weighted by molar-refractivity contribution is 5.76. The van der Waals surface area contributed by atoms with Gasteiger partial charge in [-0.3, -0.25) is 9.59 Å². The van der Waals surface area contributed by atoms with Gasteiger partial charge < -0.3 is 20.3 Å². The van der Waals surface area contributed by atoms with Crippen molar-refractivity contribution in [1.29, 1.82) is 0 Å². The van der Waals surface area contributed by atoms with Crippen LogP contribution in [0.25, 0.3) is 0 Å². The molecule has 6 nitrogen and oxygen atoms in total. The molecule has 2 atom stereocenters. The summed E-state index contributed by atoms with van der Waals surface area (Å²) in [5.41, 5.74) is 0. The van der Waals surface area contributed by atoms with E-state index in [2.05, 4.69) is 43.5 Å². The molecule has 6 heteroatoms. The fraction of sp³-hybridized carbons (Fsp3) is 0.909. The normalized spacial score (nSPS) is 12.7. The van der Waals surface area contributed by atoms with Crippen LogP contribution in [0.1, 0.15) is 361 Å². The molecule has 0 aliphatic heterocycles. The van der Waals surface area contributed by atoms with E-state index in [1.807, 2.05) is 0 Å². The van der Waals surface area contributed by atoms with E-state index in [4.69, 9.17) is 4.74 Å². The molecule has 0 saturated carbocycles. The molecule has 0 fully saturated rings. The number of esters is 1. The lowest BCUT2D eigenvalue weighted by atomic mass is 10.0. The maximum absolute atomic E-state index is 12.5. The number of aliphatic hydroxyl groups is 2. The van der Waals surface area contributed by atoms with Gasteiger partial charge in [0.15, 0.2) is 0 Å². The van der Waals surface area contributed by atoms with E-state index in [0.717, 1.165) is 51.4 Å². The first kappa shape index (κ1) is 70.3. The zero-order valence-electron chi connectivity index (χ0n) is 48.7. The average Bonchev–Trinajstić information content (AvgIpc) is 3.38. The van der Waals surface area contributed by atoms with Crippen molar-refractivity contribution in [3.05, 3.63) is 24.3 Å². The number of aliphatic hydroxyl groups excluding tert-OH is 2. The fourth-order valence-corrected chi connectivity index (χ4v) is 10.3. The highest BCUT2D eigenvalue weighted by atomic mass is 16.5. The molecule has 0 spiro atoms. The summed E-state index contributed by atoms with van der Waals surface area (Å²) in [5, 5.41) is 23.2. The first-order valence-electron chi connectivity index (χ1n) is 32.6. The summed E-state index contributed by atoms with van der Waals surface area (Å²) in [6.07, 6.45) is 76.4. The number of hydrogen-bond acceptors (Lipinski definition) is 5. The van der Waals surface area contributed by atoms with Gasteiger partial charge >= 0.3 is 5.97 Å². The number of carbonyl (C=O) groups excluding carboxylic acids is 2. The van der Waals surface area contributed by atoms with Crippen molar-refractivity contribution in [2.45, 2.75) is 373 Å². The number of nitrogens with one attached hydrogen (secondary N) is 1. The van der Waals surface area contributed by atoms with E-state index in [9.17, 15) is 19.8 Å². The minimum absolute atomic E-state index is 0.00495. The lowest BCUT2D eigenvalue weighted by molar-refractivity contribution is -0.143. The number of ether oxygens (including phenoxy) is 1. The smallest absolute Gasteiger partial charge is 0.305 e. The molecule has 0 radical (unpaired) electrons. The monoisotopic (exact) mass is 1010 g/mol. The summed E-state index contributed by atoms with van der Waals surface area (Å²) in [4.78, 5) is 24.5. The van der Waals surface area contributed by atoms with Crippen LogP contribution in [0.4, 0.5) is 0 Å². The van der Waals surface area contributed by atoms with Gasteiger partial charge in [-0.2, -0.15) is 0 Å². The molecule has 72 heavy (non-hydrogen) atoms. The zero-order chi connectivity index (χ0) is 52.2. The molecule has 0 heterocycles. The van der Waals surface area contributed by atoms with Crippen LogP contribution in [0.3, 0.4) is 0 Å². The molecule has 0 aliphatic carbocycles. The minimum atomic E-state index is -0.661. The van der Waals surface area contributed by atoms with E-state index >= 15 is 0 Å². The van der Waals surface area contributed by atoms with Crippen molar-refractivity contribution >= 4 is 11.9 Å². The summed E-state index contributed by atoms with van der Waals surface area (Å²) in [7, 11) is 0. The van der Waals surface area contributed by atoms with E-state index in [0.29, 0.717) is 25.9 Å². The minimum Gasteiger partial charge on any atom is -0.466 e. The van der Waals surface area contributed by atoms with Gasteiger partial charge in [-0.15, -0.1) is 0 Å². The second kappa shape index (κ2) is 61.9. The molecule has 0 aromatic rings. The van der Waals surface area contributed by atoms with Gasteiger partial charge in [0, 0.05) is 12.8 Å². The molecular formula is C66H127NO5. The van der Waals surface area contributed by atoms with Crippen molar-refractivity contribution in [2.75, 3.05) is 13.2 Å². The zero-order valence-corrected chi connectivity index (χ0v) is 48.7. The molecule has 0 bridgehead atoms. The van der Waals surface area contributed by atoms with Crippen LogP contribution in [0, 0.1) is 0 Å². The second-order valence-electron chi connectivity index (χ2n) is 22.5. The van der Waals surface area contributed by atoms with Crippen molar-refractivity contribution in [3.8, 4) is 0 Å². The number of carbonyl (C=O) groups is 2. The molecular weight excluding hydrogens is 887 g/mol. The van der Waals surface area contributed by atoms with E-state index in [1.54, 1.807) is 0 Å². The molecule has 426 valence electrons. The molecule has 0 saturated heterocycles. The van der Waals surface area contributed by atoms with E-state index in [-0.39, 0.29) is 18.5 Å². The first-order valence-corrected chi connectivity index (χ1v) is 32.6. The molecule has 2 unspecified atom stereocenters. The van der Waals surface area contributed by atoms with E-state index < -0.39 is 12.1 Å². The van der Waals surface area contributed by atoms with Crippen molar-refractivity contribution in [1.82, 2.24) is 5.32 Å². The Morgan fingerprint density at radius 3 is 1.07 bits per heavy atom. The van der Waals surface area contributed by atoms with Crippen LogP contribution in [0.5, 0.6) is 0 Å². The van der Waals surface area contributed by atoms with Gasteiger partial charge in [0.2, 0.25) is 5.91 Å². The van der Waals surface area contributed by atoms with Gasteiger partial charge in [-0.25, -0.2) is 0 Å². The van der Waals surface area contributed by atoms with Crippen molar-refractivity contribution < 1.29 is 24.5 Å². The Hall–Kier alpha value is -1.66. The Kier molecular flexibility index (Phi) is 60.5. The highest BCUT2D eigenvalue weighted by Gasteiger charge is 2.20. The summed E-state index contributed by atoms with van der Waals surface area (Å²) >= 11 is 0. The Morgan fingerprint density at radius 1 is 0.389 bits per heavy atom. The molecule has 0 rings (SSSR count). The molecule has 3 N–H and O–H groups in total. The number of rotatable bonds is 61. The third kappa shape index (κ3) is 57.6. The third-order valence-corrected chi connectivity index (χ3v) is 15.3. The summed E-state index contributed by atoms with van der Waals surface area (Å²) in [5.74, 6) is -0.0264. The van der Waals surface area contributed by atoms with Gasteiger partial charge in [-0.1, -0.05) is 314 Å². The molecule has 0 aromatic carbocycles. The predicted molar refractivity (Wildman–Crippen MR) is 315 cm³/mol. The quantitative estimate of drug-likeness (QED) is 0.0320. The van der Waals surface area contributed by atoms with Crippen LogP contribution in [-0.4, -0.2) is 47.4 Å². The van der Waals surface area contributed by atoms with Crippen LogP contribution in [0.15, 0.2) is 24.3 Å². The summed E-state index contributed by atoms with van der Waals surface area (Å²) < 4.78 is 5.49. The largest absolute Gasteiger partial charge is 0.466 e. The lowest BCUT2D eigenvalue weighted by Crippen LogP contribution is -2.45. The number of hydrogen-bond donors (Lipinski definition) is 3. The van der Waals surface area contributed by atoms with Crippen molar-refractivity contribution in [3.63, 3.8) is 0 Å². The standard InChI is InChI=1S/C66H127NO5/c1-3-5-7-9-11-13-15-17-18-33-36-40-44-48-52-56-60-66(71)72-61-57-53-49-45-41-37-34-31-29-27-25-23-21-19-20-22-24-26-28-30-32-35-39-43-47-51-55-59-65(70)67-63(62-68)64(69)58-54-50-46-42-38-16-14-12-10-8-6-4-2/h13,15,18,33,63-64,68-69H,3-12,14,16-17,19-32,34-62H2,1-2H3,(H,67,70)/b15-13-,33-18-. The van der Waals surface area contributed by atoms with Gasteiger partial charge in [0.25, 0.3) is 0 Å². The maximum atomic E-state index is 12.5. The van der Waals surface area contributed by atoms with Crippen LogP contribution in [-0.2, 0) is 14.3 Å². The van der Waals surface area contributed by atoms with Crippen molar-refractivity contribution in [2.24, 2.45) is 0 Å². The average molecular weight is 1010 g/mol. The van der Waals surface area contributed by atoms with Crippen LogP contribution in [0.2, 0.25) is 0 Å². The molecule has 0 aliphatic rings. The van der Waals surface area contributed by atoms with E-state index in [1.165, 1.54) is 276 Å². The fourth-order valence-electron chi connectivity index (χ4n) is 10.3. The predicted octanol–water partition coefficient (Wildman–Crippen LogP) is 20.6. The number of allylic oxidation sites excluding steroid dienone is 4. The molecule has 1 amide bonds. The Balaban J connectivity index is 3.33. The second-order valence-corrected chi connectivity index (χ2v) is 22.5. The van der Waals surface area contributed by atoms with Gasteiger partial charge in [0.1, 0.15) is 0 Å². The highest BCUT2D eigenvalue weighted by Crippen LogP contribution is 2.18. The van der Waals surface area contributed by atoms with Crippen LogP contribution < -0.4 is 5.32 Å². The van der Waals surface area contributed by atoms with Crippen LogP contribution >= 0.6 is 0 Å². The Labute approximate surface area is 450 Å². The summed E-state index contributed by atoms with van der Waals surface area (Å²) in [6, 6.07) is -0.538. The topological polar surface area (TPSA) is 95.9 Å². The lowest BCUT2D eigenvalue weighted by Gasteiger charge is -2.22. The Bertz CT molecular complexity index is 1120. The van der Waals surface area contributed by atoms with Gasteiger partial charge in [0.05, 0.1) is 25.4 Å². The molecule has 0 aromatic heterocycles. The Morgan fingerprint density at radius 2 is 0.694 bits per heavy atom. The first-order chi connectivity index (χ1) is 35.5. The van der Waals surface area contributed by atoms with Gasteiger partial charge in [-0.05, 0) is 57.8 Å². The maximum Gasteiger partial charge on any atom is 0.305 e. The third-order valence-electron chi connectivity index (χ3n) is 15.3. The summed E-state index contributed by atoms with van der Waals surface area (Å²) in [6.45, 7) is 4.95. The SMILES string of the molecule is CCCCCC/C=C\C/C=C\CCCCCCCC(=O)OCCCCCCCCCCCCCCCCCCCCCCCCCCCCCC(=O)NC(CO)C(O)CCCCCCCCCCCCCC.